The highest BCUT2D eigenvalue weighted by atomic mass is 16.3. The Labute approximate surface area is 191 Å². The lowest BCUT2D eigenvalue weighted by atomic mass is 9.56. The average Bonchev–Trinajstić information content (AvgIpc) is 2.74. The van der Waals surface area contributed by atoms with Gasteiger partial charge in [-0.3, -0.25) is 14.4 Å². The van der Waals surface area contributed by atoms with Crippen LogP contribution < -0.4 is 5.73 Å². The number of aliphatic hydroxyl groups is 3. The molecule has 4 rings (SSSR count). The van der Waals surface area contributed by atoms with Crippen molar-refractivity contribution in [2.75, 3.05) is 0 Å². The van der Waals surface area contributed by atoms with Gasteiger partial charge in [0.05, 0.1) is 11.7 Å². The van der Waals surface area contributed by atoms with Gasteiger partial charge in [-0.05, 0) is 55.7 Å². The van der Waals surface area contributed by atoms with Crippen molar-refractivity contribution in [3.63, 3.8) is 0 Å². The van der Waals surface area contributed by atoms with Gasteiger partial charge in [-0.2, -0.15) is 0 Å². The molecular weight excluding hydrogens is 426 g/mol. The highest BCUT2D eigenvalue weighted by molar-refractivity contribution is 6.24. The predicted molar refractivity (Wildman–Crippen MR) is 120 cm³/mol. The molecule has 3 aliphatic carbocycles. The number of carbonyl (C=O) groups is 3. The fourth-order valence-corrected chi connectivity index (χ4v) is 5.89. The lowest BCUT2D eigenvalue weighted by Crippen LogP contribution is -2.66. The number of hydrogen-bond acceptors (Lipinski definition) is 7. The van der Waals surface area contributed by atoms with Crippen LogP contribution >= 0.6 is 0 Å². The maximum absolute atomic E-state index is 13.5. The molecule has 0 spiro atoms. The number of allylic oxidation sites excluding steroid dienone is 1. The molecular formula is C25H29NO7. The summed E-state index contributed by atoms with van der Waals surface area (Å²) in [7, 11) is 0. The number of rotatable bonds is 4. The summed E-state index contributed by atoms with van der Waals surface area (Å²) in [4.78, 5) is 38.3. The third-order valence-electron chi connectivity index (χ3n) is 7.37. The second-order valence-electron chi connectivity index (χ2n) is 9.32. The van der Waals surface area contributed by atoms with Gasteiger partial charge in [0, 0.05) is 17.1 Å². The molecule has 0 radical (unpaired) electrons. The first-order valence-electron chi connectivity index (χ1n) is 11.3. The minimum absolute atomic E-state index is 0.121. The van der Waals surface area contributed by atoms with Crippen molar-refractivity contribution in [3.8, 4) is 5.75 Å². The number of hydrogen-bond donors (Lipinski definition) is 5. The number of amides is 1. The smallest absolute Gasteiger partial charge is 0.230 e. The predicted octanol–water partition coefficient (Wildman–Crippen LogP) is 1.57. The standard InChI is InChI=1S/C25H29NO7/c1-3-5-11-7-12(6-4-2)20(28)18-15(11)9-13-8-14-10-16(27)19(24(26)32)23(31)25(14,33)22(30)17(13)21(18)29/h4,6-7,13-14,16,19,27-29,33H,3,5,8-10H2,1-2H3,(H2,26,32)/b6-4+/t13-,14+,16?,19?,25+/m1/s1. The number of phenols is 1. The molecule has 2 unspecified atom stereocenters. The summed E-state index contributed by atoms with van der Waals surface area (Å²) >= 11 is 0. The average molecular weight is 456 g/mol. The largest absolute Gasteiger partial charge is 0.507 e. The van der Waals surface area contributed by atoms with E-state index in [0.717, 1.165) is 17.5 Å². The number of primary amides is 1. The molecule has 8 heteroatoms. The van der Waals surface area contributed by atoms with Crippen LogP contribution in [0.15, 0.2) is 17.7 Å². The maximum Gasteiger partial charge on any atom is 0.230 e. The molecule has 6 N–H and O–H groups in total. The van der Waals surface area contributed by atoms with Gasteiger partial charge in [0.1, 0.15) is 17.4 Å². The Morgan fingerprint density at radius 3 is 2.58 bits per heavy atom. The maximum atomic E-state index is 13.5. The van der Waals surface area contributed by atoms with Crippen molar-refractivity contribution >= 4 is 29.3 Å². The monoisotopic (exact) mass is 455 g/mol. The van der Waals surface area contributed by atoms with Crippen molar-refractivity contribution in [1.82, 2.24) is 0 Å². The molecule has 176 valence electrons. The summed E-state index contributed by atoms with van der Waals surface area (Å²) < 4.78 is 0. The molecule has 0 bridgehead atoms. The van der Waals surface area contributed by atoms with E-state index < -0.39 is 52.7 Å². The van der Waals surface area contributed by atoms with Gasteiger partial charge in [-0.1, -0.05) is 25.5 Å². The lowest BCUT2D eigenvalue weighted by Gasteiger charge is -2.48. The number of aliphatic hydroxyl groups excluding tert-OH is 2. The zero-order valence-corrected chi connectivity index (χ0v) is 18.7. The summed E-state index contributed by atoms with van der Waals surface area (Å²) in [6.07, 6.45) is 3.99. The summed E-state index contributed by atoms with van der Waals surface area (Å²) in [5.41, 5.74) is 4.92. The van der Waals surface area contributed by atoms with Crippen LogP contribution in [-0.2, 0) is 27.2 Å². The van der Waals surface area contributed by atoms with Gasteiger partial charge in [0.15, 0.2) is 11.4 Å². The van der Waals surface area contributed by atoms with Crippen molar-refractivity contribution < 1.29 is 34.8 Å². The zero-order valence-electron chi connectivity index (χ0n) is 18.7. The molecule has 33 heavy (non-hydrogen) atoms. The number of fused-ring (bicyclic) bond motifs is 3. The van der Waals surface area contributed by atoms with E-state index in [1.54, 1.807) is 19.1 Å². The van der Waals surface area contributed by atoms with Gasteiger partial charge in [0.25, 0.3) is 0 Å². The molecule has 1 amide bonds. The van der Waals surface area contributed by atoms with Crippen LogP contribution in [0.2, 0.25) is 0 Å². The highest BCUT2D eigenvalue weighted by Gasteiger charge is 2.63. The minimum atomic E-state index is -2.56. The molecule has 0 saturated heterocycles. The molecule has 1 aromatic rings. The second-order valence-corrected chi connectivity index (χ2v) is 9.32. The Balaban J connectivity index is 1.91. The quantitative estimate of drug-likeness (QED) is 0.431. The SMILES string of the molecule is C/C=C/c1cc(CCC)c2c(c1O)C(O)=C1C(=O)[C@]3(O)C(=O)C(C(N)=O)C(O)C[C@@H]3C[C@@H]1C2. The van der Waals surface area contributed by atoms with Crippen LogP contribution in [0.4, 0.5) is 0 Å². The second kappa shape index (κ2) is 8.11. The molecule has 1 aromatic carbocycles. The van der Waals surface area contributed by atoms with E-state index in [0.29, 0.717) is 18.4 Å². The molecule has 2 fully saturated rings. The van der Waals surface area contributed by atoms with Crippen molar-refractivity contribution in [2.45, 2.75) is 57.7 Å². The van der Waals surface area contributed by atoms with E-state index in [9.17, 15) is 34.8 Å². The number of nitrogens with two attached hydrogens (primary N) is 1. The zero-order chi connectivity index (χ0) is 24.2. The summed E-state index contributed by atoms with van der Waals surface area (Å²) in [6, 6.07) is 1.88. The first-order valence-corrected chi connectivity index (χ1v) is 11.3. The molecule has 5 atom stereocenters. The third kappa shape index (κ3) is 3.23. The van der Waals surface area contributed by atoms with Crippen LogP contribution in [0.1, 0.15) is 55.4 Å². The number of carbonyl (C=O) groups excluding carboxylic acids is 3. The van der Waals surface area contributed by atoms with Crippen molar-refractivity contribution in [1.29, 1.82) is 0 Å². The topological polar surface area (TPSA) is 158 Å². The Bertz CT molecular complexity index is 1120. The van der Waals surface area contributed by atoms with E-state index in [4.69, 9.17) is 5.73 Å². The fourth-order valence-electron chi connectivity index (χ4n) is 5.89. The minimum Gasteiger partial charge on any atom is -0.507 e. The van der Waals surface area contributed by atoms with Crippen LogP contribution in [0.25, 0.3) is 11.8 Å². The van der Waals surface area contributed by atoms with E-state index >= 15 is 0 Å². The third-order valence-corrected chi connectivity index (χ3v) is 7.37. The van der Waals surface area contributed by atoms with Gasteiger partial charge < -0.3 is 26.2 Å². The number of Topliss-reactive ketones (excluding diaryl/α,β-unsaturated/α-hetero) is 2. The normalized spacial score (nSPS) is 31.4. The van der Waals surface area contributed by atoms with E-state index in [1.165, 1.54) is 0 Å². The highest BCUT2D eigenvalue weighted by Crippen LogP contribution is 2.52. The number of ketones is 2. The van der Waals surface area contributed by atoms with E-state index in [1.807, 2.05) is 13.0 Å². The number of aromatic hydroxyl groups is 1. The Morgan fingerprint density at radius 2 is 1.97 bits per heavy atom. The summed E-state index contributed by atoms with van der Waals surface area (Å²) in [6.45, 7) is 3.82. The Kier molecular flexibility index (Phi) is 5.70. The molecule has 0 aliphatic heterocycles. The number of aryl methyl sites for hydroxylation is 1. The van der Waals surface area contributed by atoms with Gasteiger partial charge in [-0.25, -0.2) is 0 Å². The van der Waals surface area contributed by atoms with E-state index in [2.05, 4.69) is 0 Å². The molecule has 3 aliphatic rings. The van der Waals surface area contributed by atoms with Crippen LogP contribution in [0, 0.1) is 17.8 Å². The first kappa shape index (κ1) is 23.2. The Morgan fingerprint density at radius 1 is 1.27 bits per heavy atom. The van der Waals surface area contributed by atoms with Crippen molar-refractivity contribution in [2.24, 2.45) is 23.5 Å². The Hall–Kier alpha value is -2.97. The fraction of sp³-hybridized carbons (Fsp3) is 0.480. The molecule has 0 aromatic heterocycles. The number of phenolic OH excluding ortho intramolecular Hbond substituents is 1. The van der Waals surface area contributed by atoms with Crippen LogP contribution in [-0.4, -0.2) is 49.6 Å². The lowest BCUT2D eigenvalue weighted by molar-refractivity contribution is -0.174. The van der Waals surface area contributed by atoms with Gasteiger partial charge in [-0.15, -0.1) is 0 Å². The molecule has 0 heterocycles. The van der Waals surface area contributed by atoms with Crippen molar-refractivity contribution in [3.05, 3.63) is 40.0 Å². The summed E-state index contributed by atoms with van der Waals surface area (Å²) in [5.74, 6) is -6.95. The molecule has 8 nitrogen and oxygen atoms in total. The molecule has 2 saturated carbocycles. The van der Waals surface area contributed by atoms with Gasteiger partial charge in [0.2, 0.25) is 11.7 Å². The number of benzene rings is 1. The summed E-state index contributed by atoms with van der Waals surface area (Å²) in [5, 5.41) is 43.8. The first-order chi connectivity index (χ1) is 15.6. The van der Waals surface area contributed by atoms with Crippen LogP contribution in [0.5, 0.6) is 5.75 Å². The van der Waals surface area contributed by atoms with Crippen LogP contribution in [0.3, 0.4) is 0 Å². The van der Waals surface area contributed by atoms with E-state index in [-0.39, 0.29) is 29.7 Å². The van der Waals surface area contributed by atoms with Gasteiger partial charge >= 0.3 is 0 Å².